The van der Waals surface area contributed by atoms with Crippen molar-refractivity contribution in [3.8, 4) is 10.4 Å². The molecule has 0 radical (unpaired) electrons. The molecule has 0 amide bonds. The molecule has 2 heterocycles. The monoisotopic (exact) mass is 348 g/mol. The highest BCUT2D eigenvalue weighted by atomic mass is 35.5. The maximum atomic E-state index is 11.2. The Morgan fingerprint density at radius 1 is 1.17 bits per heavy atom. The number of Topliss-reactive ketones (excluding diaryl/α,β-unsaturated/α-hetero) is 1. The van der Waals surface area contributed by atoms with Crippen LogP contribution in [0.3, 0.4) is 0 Å². The number of hydrogen-bond donors (Lipinski definition) is 0. The normalized spacial score (nSPS) is 16.6. The molecular weight excluding hydrogens is 328 g/mol. The Bertz CT molecular complexity index is 677. The summed E-state index contributed by atoms with van der Waals surface area (Å²) in [6, 6.07) is 10.6. The second-order valence-electron chi connectivity index (χ2n) is 6.05. The SMILES string of the molecule is CC(=O)CN1CCN(Cc2cccc(-c3sccc3Cl)c2)CC1. The van der Waals surface area contributed by atoms with E-state index < -0.39 is 0 Å². The lowest BCUT2D eigenvalue weighted by Gasteiger charge is -2.34. The van der Waals surface area contributed by atoms with Crippen LogP contribution in [0.15, 0.2) is 35.7 Å². The lowest BCUT2D eigenvalue weighted by molar-refractivity contribution is -0.118. The van der Waals surface area contributed by atoms with E-state index in [-0.39, 0.29) is 5.78 Å². The molecule has 3 rings (SSSR count). The van der Waals surface area contributed by atoms with Crippen molar-refractivity contribution in [2.75, 3.05) is 32.7 Å². The minimum absolute atomic E-state index is 0.249. The molecule has 2 aromatic rings. The van der Waals surface area contributed by atoms with E-state index >= 15 is 0 Å². The van der Waals surface area contributed by atoms with Crippen LogP contribution < -0.4 is 0 Å². The zero-order valence-electron chi connectivity index (χ0n) is 13.3. The summed E-state index contributed by atoms with van der Waals surface area (Å²) >= 11 is 7.92. The fourth-order valence-electron chi connectivity index (χ4n) is 2.99. The molecule has 0 unspecified atom stereocenters. The van der Waals surface area contributed by atoms with Gasteiger partial charge >= 0.3 is 0 Å². The maximum Gasteiger partial charge on any atom is 0.143 e. The summed E-state index contributed by atoms with van der Waals surface area (Å²) in [5.41, 5.74) is 2.50. The van der Waals surface area contributed by atoms with Crippen LogP contribution in [0.5, 0.6) is 0 Å². The number of hydrogen-bond acceptors (Lipinski definition) is 4. The minimum Gasteiger partial charge on any atom is -0.299 e. The summed E-state index contributed by atoms with van der Waals surface area (Å²) in [5.74, 6) is 0.249. The molecule has 0 bridgehead atoms. The van der Waals surface area contributed by atoms with Crippen LogP contribution >= 0.6 is 22.9 Å². The number of rotatable bonds is 5. The lowest BCUT2D eigenvalue weighted by Crippen LogP contribution is -2.47. The molecule has 0 saturated carbocycles. The third-order valence-corrected chi connectivity index (χ3v) is 5.51. The van der Waals surface area contributed by atoms with E-state index in [1.165, 1.54) is 11.1 Å². The molecule has 1 aromatic heterocycles. The zero-order valence-corrected chi connectivity index (χ0v) is 14.9. The Labute approximate surface area is 146 Å². The van der Waals surface area contributed by atoms with Crippen LogP contribution in [0, 0.1) is 0 Å². The molecule has 122 valence electrons. The first kappa shape index (κ1) is 16.7. The van der Waals surface area contributed by atoms with E-state index in [2.05, 4.69) is 34.1 Å². The number of ketones is 1. The second kappa shape index (κ2) is 7.58. The lowest BCUT2D eigenvalue weighted by atomic mass is 10.1. The number of thiophene rings is 1. The van der Waals surface area contributed by atoms with E-state index in [0.29, 0.717) is 6.54 Å². The molecule has 1 aromatic carbocycles. The molecule has 23 heavy (non-hydrogen) atoms. The van der Waals surface area contributed by atoms with Crippen molar-refractivity contribution in [1.29, 1.82) is 0 Å². The van der Waals surface area contributed by atoms with Gasteiger partial charge in [-0.2, -0.15) is 0 Å². The van der Waals surface area contributed by atoms with E-state index in [4.69, 9.17) is 11.6 Å². The van der Waals surface area contributed by atoms with Crippen molar-refractivity contribution >= 4 is 28.7 Å². The van der Waals surface area contributed by atoms with Crippen molar-refractivity contribution in [2.45, 2.75) is 13.5 Å². The molecule has 0 aliphatic carbocycles. The van der Waals surface area contributed by atoms with Gasteiger partial charge in [0.05, 0.1) is 16.4 Å². The third kappa shape index (κ3) is 4.42. The van der Waals surface area contributed by atoms with Crippen LogP contribution in [0.1, 0.15) is 12.5 Å². The van der Waals surface area contributed by atoms with Gasteiger partial charge in [-0.1, -0.05) is 29.8 Å². The highest BCUT2D eigenvalue weighted by molar-refractivity contribution is 7.14. The number of carbonyl (C=O) groups excluding carboxylic acids is 1. The summed E-state index contributed by atoms with van der Waals surface area (Å²) in [6.45, 7) is 7.15. The maximum absolute atomic E-state index is 11.2. The summed E-state index contributed by atoms with van der Waals surface area (Å²) in [6.07, 6.45) is 0. The number of benzene rings is 1. The van der Waals surface area contributed by atoms with Crippen molar-refractivity contribution in [3.63, 3.8) is 0 Å². The number of halogens is 1. The molecule has 1 aliphatic heterocycles. The van der Waals surface area contributed by atoms with Gasteiger partial charge in [-0.05, 0) is 35.6 Å². The van der Waals surface area contributed by atoms with Gasteiger partial charge in [0.15, 0.2) is 0 Å². The zero-order chi connectivity index (χ0) is 16.2. The van der Waals surface area contributed by atoms with E-state index in [0.717, 1.165) is 42.6 Å². The fourth-order valence-corrected chi connectivity index (χ4v) is 4.15. The van der Waals surface area contributed by atoms with Crippen molar-refractivity contribution < 1.29 is 4.79 Å². The highest BCUT2D eigenvalue weighted by Crippen LogP contribution is 2.33. The predicted octanol–water partition coefficient (Wildman–Crippen LogP) is 3.78. The quantitative estimate of drug-likeness (QED) is 0.821. The first-order valence-corrected chi connectivity index (χ1v) is 9.14. The molecule has 0 atom stereocenters. The molecule has 0 N–H and O–H groups in total. The van der Waals surface area contributed by atoms with Crippen molar-refractivity contribution in [2.24, 2.45) is 0 Å². The van der Waals surface area contributed by atoms with Crippen molar-refractivity contribution in [3.05, 3.63) is 46.3 Å². The molecule has 5 heteroatoms. The number of piperazine rings is 1. The highest BCUT2D eigenvalue weighted by Gasteiger charge is 2.18. The van der Waals surface area contributed by atoms with E-state index in [1.54, 1.807) is 18.3 Å². The Morgan fingerprint density at radius 2 is 1.91 bits per heavy atom. The van der Waals surface area contributed by atoms with Gasteiger partial charge in [0, 0.05) is 32.7 Å². The minimum atomic E-state index is 0.249. The molecular formula is C18H21ClN2OS. The predicted molar refractivity (Wildman–Crippen MR) is 97.2 cm³/mol. The van der Waals surface area contributed by atoms with Gasteiger partial charge < -0.3 is 0 Å². The first-order chi connectivity index (χ1) is 11.1. The van der Waals surface area contributed by atoms with Crippen LogP contribution in [-0.4, -0.2) is 48.3 Å². The summed E-state index contributed by atoms with van der Waals surface area (Å²) in [7, 11) is 0. The van der Waals surface area contributed by atoms with Gasteiger partial charge in [0.1, 0.15) is 5.78 Å². The number of nitrogens with zero attached hydrogens (tertiary/aromatic N) is 2. The van der Waals surface area contributed by atoms with Crippen LogP contribution in [0.2, 0.25) is 5.02 Å². The van der Waals surface area contributed by atoms with E-state index in [9.17, 15) is 4.79 Å². The van der Waals surface area contributed by atoms with Gasteiger partial charge in [0.2, 0.25) is 0 Å². The Hall–Kier alpha value is -1.20. The Kier molecular flexibility index (Phi) is 5.49. The first-order valence-electron chi connectivity index (χ1n) is 7.88. The third-order valence-electron chi connectivity index (χ3n) is 4.12. The molecule has 3 nitrogen and oxygen atoms in total. The molecule has 1 fully saturated rings. The summed E-state index contributed by atoms with van der Waals surface area (Å²) in [4.78, 5) is 17.0. The standard InChI is InChI=1S/C18H21ClN2OS/c1-14(22)12-20-6-8-21(9-7-20)13-15-3-2-4-16(11-15)18-17(19)5-10-23-18/h2-5,10-11H,6-9,12-13H2,1H3. The summed E-state index contributed by atoms with van der Waals surface area (Å²) in [5, 5.41) is 2.85. The average Bonchev–Trinajstić information content (AvgIpc) is 2.95. The molecule has 1 aliphatic rings. The number of carbonyl (C=O) groups is 1. The largest absolute Gasteiger partial charge is 0.299 e. The van der Waals surface area contributed by atoms with Crippen LogP contribution in [0.25, 0.3) is 10.4 Å². The van der Waals surface area contributed by atoms with E-state index in [1.807, 2.05) is 11.4 Å². The van der Waals surface area contributed by atoms with Gasteiger partial charge in [0.25, 0.3) is 0 Å². The fraction of sp³-hybridized carbons (Fsp3) is 0.389. The van der Waals surface area contributed by atoms with Gasteiger partial charge in [-0.3, -0.25) is 14.6 Å². The second-order valence-corrected chi connectivity index (χ2v) is 7.38. The van der Waals surface area contributed by atoms with Gasteiger partial charge in [-0.15, -0.1) is 11.3 Å². The summed E-state index contributed by atoms with van der Waals surface area (Å²) < 4.78 is 0. The Morgan fingerprint density at radius 3 is 2.57 bits per heavy atom. The molecule has 0 spiro atoms. The molecule has 1 saturated heterocycles. The van der Waals surface area contributed by atoms with Crippen LogP contribution in [0.4, 0.5) is 0 Å². The average molecular weight is 349 g/mol. The van der Waals surface area contributed by atoms with Crippen LogP contribution in [-0.2, 0) is 11.3 Å². The van der Waals surface area contributed by atoms with Gasteiger partial charge in [-0.25, -0.2) is 0 Å². The van der Waals surface area contributed by atoms with Crippen molar-refractivity contribution in [1.82, 2.24) is 9.80 Å². The smallest absolute Gasteiger partial charge is 0.143 e. The topological polar surface area (TPSA) is 23.6 Å². The Balaban J connectivity index is 1.61.